The van der Waals surface area contributed by atoms with E-state index < -0.39 is 0 Å². The third-order valence-electron chi connectivity index (χ3n) is 2.93. The van der Waals surface area contributed by atoms with Crippen molar-refractivity contribution in [2.75, 3.05) is 0 Å². The minimum Gasteiger partial charge on any atom is -0.324 e. The first-order chi connectivity index (χ1) is 6.96. The lowest BCUT2D eigenvalue weighted by atomic mass is 9.75. The van der Waals surface area contributed by atoms with E-state index in [2.05, 4.69) is 39.0 Å². The largest absolute Gasteiger partial charge is 0.324 e. The van der Waals surface area contributed by atoms with Crippen LogP contribution in [0.4, 0.5) is 0 Å². The van der Waals surface area contributed by atoms with Crippen molar-refractivity contribution in [1.82, 2.24) is 0 Å². The van der Waals surface area contributed by atoms with Gasteiger partial charge in [-0.2, -0.15) is 0 Å². The van der Waals surface area contributed by atoms with E-state index in [9.17, 15) is 0 Å². The monoisotopic (exact) mass is 221 g/mol. The molecule has 0 amide bonds. The summed E-state index contributed by atoms with van der Waals surface area (Å²) in [5.74, 6) is 0. The summed E-state index contributed by atoms with van der Waals surface area (Å²) in [6.45, 7) is 6.77. The molecule has 0 aromatic carbocycles. The zero-order valence-corrected chi connectivity index (χ0v) is 10.5. The van der Waals surface area contributed by atoms with Gasteiger partial charge < -0.3 is 5.73 Å². The third-order valence-corrected chi connectivity index (χ3v) is 4.01. The van der Waals surface area contributed by atoms with Gasteiger partial charge in [0.15, 0.2) is 0 Å². The Morgan fingerprint density at radius 2 is 2.13 bits per heavy atom. The fourth-order valence-electron chi connectivity index (χ4n) is 2.38. The first-order valence-electron chi connectivity index (χ1n) is 5.49. The molecule has 1 unspecified atom stereocenters. The van der Waals surface area contributed by atoms with Gasteiger partial charge in [-0.1, -0.05) is 19.9 Å². The lowest BCUT2D eigenvalue weighted by molar-refractivity contribution is 0.319. The van der Waals surface area contributed by atoms with Crippen LogP contribution in [0.25, 0.3) is 5.57 Å². The molecule has 1 aromatic heterocycles. The predicted octanol–water partition coefficient (Wildman–Crippen LogP) is 3.59. The zero-order valence-electron chi connectivity index (χ0n) is 9.71. The van der Waals surface area contributed by atoms with Gasteiger partial charge >= 0.3 is 0 Å². The van der Waals surface area contributed by atoms with Gasteiger partial charge in [0.25, 0.3) is 0 Å². The minimum absolute atomic E-state index is 0.228. The fourth-order valence-corrected chi connectivity index (χ4v) is 3.27. The topological polar surface area (TPSA) is 26.0 Å². The maximum Gasteiger partial charge on any atom is 0.0302 e. The van der Waals surface area contributed by atoms with E-state index in [1.165, 1.54) is 15.3 Å². The number of hydrogen-bond donors (Lipinski definition) is 1. The first kappa shape index (κ1) is 10.9. The molecule has 0 saturated heterocycles. The van der Waals surface area contributed by atoms with Crippen molar-refractivity contribution in [2.24, 2.45) is 11.1 Å². The SMILES string of the molecule is Cc1ccc(C2=CC(N)CC(C)(C)C2)s1. The molecule has 2 rings (SSSR count). The van der Waals surface area contributed by atoms with E-state index in [1.807, 2.05) is 11.3 Å². The summed E-state index contributed by atoms with van der Waals surface area (Å²) in [5, 5.41) is 0. The van der Waals surface area contributed by atoms with E-state index in [4.69, 9.17) is 5.73 Å². The Labute approximate surface area is 96.0 Å². The minimum atomic E-state index is 0.228. The van der Waals surface area contributed by atoms with Gasteiger partial charge in [0, 0.05) is 15.8 Å². The van der Waals surface area contributed by atoms with Gasteiger partial charge in [-0.25, -0.2) is 0 Å². The Kier molecular flexibility index (Phi) is 2.73. The zero-order chi connectivity index (χ0) is 11.1. The maximum absolute atomic E-state index is 6.07. The van der Waals surface area contributed by atoms with Crippen molar-refractivity contribution in [3.63, 3.8) is 0 Å². The standard InChI is InChI=1S/C13H19NS/c1-9-4-5-12(15-9)10-6-11(14)8-13(2,3)7-10/h4-6,11H,7-8,14H2,1-3H3. The van der Waals surface area contributed by atoms with Crippen molar-refractivity contribution in [1.29, 1.82) is 0 Å². The van der Waals surface area contributed by atoms with Gasteiger partial charge in [-0.3, -0.25) is 0 Å². The Morgan fingerprint density at radius 1 is 1.40 bits per heavy atom. The van der Waals surface area contributed by atoms with Crippen molar-refractivity contribution < 1.29 is 0 Å². The lowest BCUT2D eigenvalue weighted by Gasteiger charge is -2.32. The summed E-state index contributed by atoms with van der Waals surface area (Å²) in [7, 11) is 0. The lowest BCUT2D eigenvalue weighted by Crippen LogP contribution is -2.30. The number of thiophene rings is 1. The Bertz CT molecular complexity index is 387. The van der Waals surface area contributed by atoms with Crippen LogP contribution in [0.3, 0.4) is 0 Å². The summed E-state index contributed by atoms with van der Waals surface area (Å²) in [5.41, 5.74) is 7.86. The Hall–Kier alpha value is -0.600. The van der Waals surface area contributed by atoms with Crippen molar-refractivity contribution in [3.05, 3.63) is 28.0 Å². The normalized spacial score (nSPS) is 25.1. The van der Waals surface area contributed by atoms with Crippen LogP contribution < -0.4 is 5.73 Å². The summed E-state index contributed by atoms with van der Waals surface area (Å²) < 4.78 is 0. The van der Waals surface area contributed by atoms with Gasteiger partial charge in [0.1, 0.15) is 0 Å². The molecule has 2 heteroatoms. The Balaban J connectivity index is 2.29. The van der Waals surface area contributed by atoms with Gasteiger partial charge in [0.2, 0.25) is 0 Å². The highest BCUT2D eigenvalue weighted by molar-refractivity contribution is 7.13. The van der Waals surface area contributed by atoms with E-state index in [1.54, 1.807) is 0 Å². The molecule has 82 valence electrons. The highest BCUT2D eigenvalue weighted by Crippen LogP contribution is 2.40. The second-order valence-corrected chi connectivity index (χ2v) is 6.60. The molecule has 0 aliphatic heterocycles. The van der Waals surface area contributed by atoms with Crippen LogP contribution in [0.5, 0.6) is 0 Å². The smallest absolute Gasteiger partial charge is 0.0302 e. The van der Waals surface area contributed by atoms with Crippen LogP contribution >= 0.6 is 11.3 Å². The molecule has 1 atom stereocenters. The number of hydrogen-bond acceptors (Lipinski definition) is 2. The molecule has 1 aliphatic carbocycles. The van der Waals surface area contributed by atoms with E-state index in [0.717, 1.165) is 12.8 Å². The van der Waals surface area contributed by atoms with Crippen molar-refractivity contribution in [2.45, 2.75) is 39.7 Å². The van der Waals surface area contributed by atoms with Gasteiger partial charge in [-0.05, 0) is 42.9 Å². The highest BCUT2D eigenvalue weighted by Gasteiger charge is 2.27. The van der Waals surface area contributed by atoms with Crippen molar-refractivity contribution in [3.8, 4) is 0 Å². The quantitative estimate of drug-likeness (QED) is 0.770. The summed E-state index contributed by atoms with van der Waals surface area (Å²) >= 11 is 1.87. The summed E-state index contributed by atoms with van der Waals surface area (Å²) in [6, 6.07) is 4.64. The van der Waals surface area contributed by atoms with Crippen LogP contribution in [-0.2, 0) is 0 Å². The number of nitrogens with two attached hydrogens (primary N) is 1. The highest BCUT2D eigenvalue weighted by atomic mass is 32.1. The molecule has 1 heterocycles. The van der Waals surface area contributed by atoms with E-state index >= 15 is 0 Å². The van der Waals surface area contributed by atoms with Crippen LogP contribution in [-0.4, -0.2) is 6.04 Å². The van der Waals surface area contributed by atoms with Crippen LogP contribution in [0.2, 0.25) is 0 Å². The maximum atomic E-state index is 6.07. The number of allylic oxidation sites excluding steroid dienone is 1. The predicted molar refractivity (Wildman–Crippen MR) is 68.0 cm³/mol. The van der Waals surface area contributed by atoms with E-state index in [0.29, 0.717) is 5.41 Å². The van der Waals surface area contributed by atoms with E-state index in [-0.39, 0.29) is 6.04 Å². The van der Waals surface area contributed by atoms with Crippen LogP contribution in [0.1, 0.15) is 36.4 Å². The van der Waals surface area contributed by atoms with Crippen molar-refractivity contribution >= 4 is 16.9 Å². The molecule has 0 bridgehead atoms. The molecule has 1 nitrogen and oxygen atoms in total. The molecule has 1 aromatic rings. The first-order valence-corrected chi connectivity index (χ1v) is 6.31. The average Bonchev–Trinajstić information content (AvgIpc) is 2.48. The molecular formula is C13H19NS. The average molecular weight is 221 g/mol. The molecule has 1 aliphatic rings. The molecule has 0 radical (unpaired) electrons. The Morgan fingerprint density at radius 3 is 2.67 bits per heavy atom. The van der Waals surface area contributed by atoms with Gasteiger partial charge in [0.05, 0.1) is 0 Å². The second-order valence-electron chi connectivity index (χ2n) is 5.31. The molecular weight excluding hydrogens is 202 g/mol. The molecule has 15 heavy (non-hydrogen) atoms. The molecule has 0 fully saturated rings. The third kappa shape index (κ3) is 2.50. The number of rotatable bonds is 1. The van der Waals surface area contributed by atoms with Gasteiger partial charge in [-0.15, -0.1) is 11.3 Å². The molecule has 0 spiro atoms. The second kappa shape index (κ2) is 3.76. The summed E-state index contributed by atoms with van der Waals surface area (Å²) in [6.07, 6.45) is 4.50. The molecule has 0 saturated carbocycles. The summed E-state index contributed by atoms with van der Waals surface area (Å²) in [4.78, 5) is 2.78. The molecule has 2 N–H and O–H groups in total. The van der Waals surface area contributed by atoms with Crippen LogP contribution in [0, 0.1) is 12.3 Å². The van der Waals surface area contributed by atoms with Crippen LogP contribution in [0.15, 0.2) is 18.2 Å². The number of aryl methyl sites for hydroxylation is 1. The fraction of sp³-hybridized carbons (Fsp3) is 0.538.